The van der Waals surface area contributed by atoms with Crippen LogP contribution in [0.2, 0.25) is 5.02 Å². The highest BCUT2D eigenvalue weighted by Gasteiger charge is 2.06. The zero-order valence-electron chi connectivity index (χ0n) is 9.27. The number of fused-ring (bicyclic) bond motifs is 1. The molecule has 0 amide bonds. The van der Waals surface area contributed by atoms with Crippen LogP contribution in [0.5, 0.6) is 0 Å². The Kier molecular flexibility index (Phi) is 2.61. The number of halogens is 1. The molecule has 3 aromatic rings. The Hall–Kier alpha value is -1.38. The maximum absolute atomic E-state index is 6.10. The lowest BCUT2D eigenvalue weighted by Gasteiger charge is -1.99. The zero-order chi connectivity index (χ0) is 11.8. The van der Waals surface area contributed by atoms with Crippen molar-refractivity contribution in [2.75, 3.05) is 0 Å². The fourth-order valence-electron chi connectivity index (χ4n) is 1.77. The van der Waals surface area contributed by atoms with Gasteiger partial charge in [0.15, 0.2) is 0 Å². The molecule has 2 aromatic heterocycles. The summed E-state index contributed by atoms with van der Waals surface area (Å²) in [6.45, 7) is 1.91. The minimum Gasteiger partial charge on any atom is -0.259 e. The van der Waals surface area contributed by atoms with Crippen LogP contribution >= 0.6 is 22.9 Å². The smallest absolute Gasteiger partial charge is 0.0625 e. The third kappa shape index (κ3) is 1.94. The van der Waals surface area contributed by atoms with Gasteiger partial charge >= 0.3 is 0 Å². The molecule has 3 heteroatoms. The third-order valence-corrected chi connectivity index (χ3v) is 4.28. The molecule has 2 heterocycles. The van der Waals surface area contributed by atoms with Gasteiger partial charge < -0.3 is 0 Å². The molecule has 0 radical (unpaired) electrons. The summed E-state index contributed by atoms with van der Waals surface area (Å²) in [5, 5.41) is 1.99. The van der Waals surface area contributed by atoms with Crippen LogP contribution in [-0.2, 0) is 0 Å². The number of nitrogens with zero attached hydrogens (tertiary/aromatic N) is 1. The molecule has 0 saturated heterocycles. The van der Waals surface area contributed by atoms with Crippen LogP contribution < -0.4 is 0 Å². The van der Waals surface area contributed by atoms with E-state index in [1.165, 1.54) is 15.0 Å². The van der Waals surface area contributed by atoms with E-state index in [0.29, 0.717) is 0 Å². The Morgan fingerprint density at radius 1 is 1.18 bits per heavy atom. The molecular weight excluding hydrogens is 250 g/mol. The molecule has 3 rings (SSSR count). The molecule has 17 heavy (non-hydrogen) atoms. The summed E-state index contributed by atoms with van der Waals surface area (Å²) in [6.07, 6.45) is 1.88. The monoisotopic (exact) mass is 259 g/mol. The predicted octanol–water partition coefficient (Wildman–Crippen LogP) is 4.93. The Bertz CT molecular complexity index is 655. The van der Waals surface area contributed by atoms with Crippen molar-refractivity contribution in [2.45, 2.75) is 6.92 Å². The van der Waals surface area contributed by atoms with Crippen molar-refractivity contribution in [3.63, 3.8) is 0 Å². The Morgan fingerprint density at radius 3 is 2.76 bits per heavy atom. The number of thiophene rings is 1. The molecule has 0 bridgehead atoms. The molecule has 0 saturated carbocycles. The van der Waals surface area contributed by atoms with Crippen LogP contribution in [0.4, 0.5) is 0 Å². The number of aryl methyl sites for hydroxylation is 1. The van der Waals surface area contributed by atoms with Gasteiger partial charge in [-0.1, -0.05) is 29.8 Å². The fraction of sp³-hybridized carbons (Fsp3) is 0.0714. The van der Waals surface area contributed by atoms with Crippen molar-refractivity contribution in [2.24, 2.45) is 0 Å². The summed E-state index contributed by atoms with van der Waals surface area (Å²) < 4.78 is 1.29. The summed E-state index contributed by atoms with van der Waals surface area (Å²) in [4.78, 5) is 5.51. The molecule has 1 aromatic carbocycles. The van der Waals surface area contributed by atoms with Gasteiger partial charge in [-0.15, -0.1) is 11.3 Å². The van der Waals surface area contributed by atoms with Crippen molar-refractivity contribution >= 4 is 33.0 Å². The molecule has 0 aliphatic rings. The molecule has 84 valence electrons. The molecule has 0 aliphatic carbocycles. The maximum Gasteiger partial charge on any atom is 0.0625 e. The van der Waals surface area contributed by atoms with E-state index in [1.54, 1.807) is 11.3 Å². The van der Waals surface area contributed by atoms with Gasteiger partial charge in [0, 0.05) is 21.3 Å². The summed E-state index contributed by atoms with van der Waals surface area (Å²) in [7, 11) is 0. The topological polar surface area (TPSA) is 12.9 Å². The minimum absolute atomic E-state index is 0.722. The summed E-state index contributed by atoms with van der Waals surface area (Å²) in [6, 6.07) is 12.5. The van der Waals surface area contributed by atoms with E-state index in [9.17, 15) is 0 Å². The van der Waals surface area contributed by atoms with Crippen LogP contribution in [0.15, 0.2) is 42.6 Å². The van der Waals surface area contributed by atoms with E-state index in [4.69, 9.17) is 11.6 Å². The second-order valence-corrected chi connectivity index (χ2v) is 5.43. The van der Waals surface area contributed by atoms with E-state index in [0.717, 1.165) is 16.3 Å². The number of pyridine rings is 1. The Morgan fingerprint density at radius 2 is 2.00 bits per heavy atom. The molecule has 0 spiro atoms. The predicted molar refractivity (Wildman–Crippen MR) is 74.8 cm³/mol. The van der Waals surface area contributed by atoms with Gasteiger partial charge in [0.25, 0.3) is 0 Å². The van der Waals surface area contributed by atoms with E-state index < -0.39 is 0 Å². The van der Waals surface area contributed by atoms with E-state index in [-0.39, 0.29) is 0 Å². The van der Waals surface area contributed by atoms with Crippen LogP contribution in [-0.4, -0.2) is 4.98 Å². The van der Waals surface area contributed by atoms with Crippen LogP contribution in [0.25, 0.3) is 20.5 Å². The number of rotatable bonds is 1. The molecular formula is C14H10ClNS. The number of hydrogen-bond donors (Lipinski definition) is 0. The van der Waals surface area contributed by atoms with Crippen molar-refractivity contribution < 1.29 is 0 Å². The van der Waals surface area contributed by atoms with E-state index >= 15 is 0 Å². The molecule has 0 aliphatic heterocycles. The fourth-order valence-corrected chi connectivity index (χ4v) is 2.98. The largest absolute Gasteiger partial charge is 0.259 e. The normalized spacial score (nSPS) is 10.9. The first-order valence-electron chi connectivity index (χ1n) is 5.35. The van der Waals surface area contributed by atoms with Crippen molar-refractivity contribution in [3.8, 4) is 10.4 Å². The van der Waals surface area contributed by atoms with Crippen LogP contribution in [0.1, 0.15) is 5.69 Å². The van der Waals surface area contributed by atoms with Crippen LogP contribution in [0, 0.1) is 6.92 Å². The average molecular weight is 260 g/mol. The van der Waals surface area contributed by atoms with Gasteiger partial charge in [0.1, 0.15) is 0 Å². The lowest BCUT2D eigenvalue weighted by atomic mass is 10.2. The third-order valence-electron chi connectivity index (χ3n) is 2.74. The van der Waals surface area contributed by atoms with Crippen molar-refractivity contribution in [3.05, 3.63) is 53.3 Å². The van der Waals surface area contributed by atoms with Gasteiger partial charge in [-0.05, 0) is 30.5 Å². The molecule has 0 atom stereocenters. The van der Waals surface area contributed by atoms with Crippen molar-refractivity contribution in [1.82, 2.24) is 4.98 Å². The number of hydrogen-bond acceptors (Lipinski definition) is 2. The average Bonchev–Trinajstić information content (AvgIpc) is 2.76. The van der Waals surface area contributed by atoms with Gasteiger partial charge in [0.2, 0.25) is 0 Å². The molecule has 0 unspecified atom stereocenters. The first kappa shape index (κ1) is 10.8. The van der Waals surface area contributed by atoms with Crippen molar-refractivity contribution in [1.29, 1.82) is 0 Å². The number of aromatic nitrogens is 1. The highest BCUT2D eigenvalue weighted by Crippen LogP contribution is 2.34. The standard InChI is InChI=1S/C14H10ClNS/c1-9-12(15)6-11(8-16-9)14-7-10-4-2-3-5-13(10)17-14/h2-8H,1H3. The lowest BCUT2D eigenvalue weighted by Crippen LogP contribution is -1.82. The lowest BCUT2D eigenvalue weighted by molar-refractivity contribution is 1.20. The van der Waals surface area contributed by atoms with Gasteiger partial charge in [-0.3, -0.25) is 4.98 Å². The Labute approximate surface area is 109 Å². The van der Waals surface area contributed by atoms with E-state index in [1.807, 2.05) is 19.2 Å². The molecule has 0 N–H and O–H groups in total. The first-order chi connectivity index (χ1) is 8.24. The van der Waals surface area contributed by atoms with Crippen LogP contribution in [0.3, 0.4) is 0 Å². The second kappa shape index (κ2) is 4.13. The van der Waals surface area contributed by atoms with E-state index in [2.05, 4.69) is 35.3 Å². The zero-order valence-corrected chi connectivity index (χ0v) is 10.8. The van der Waals surface area contributed by atoms with Gasteiger partial charge in [-0.25, -0.2) is 0 Å². The maximum atomic E-state index is 6.10. The molecule has 0 fully saturated rings. The Balaban J connectivity index is 2.17. The first-order valence-corrected chi connectivity index (χ1v) is 6.54. The second-order valence-electron chi connectivity index (χ2n) is 3.94. The molecule has 1 nitrogen and oxygen atoms in total. The van der Waals surface area contributed by atoms with Gasteiger partial charge in [0.05, 0.1) is 10.7 Å². The minimum atomic E-state index is 0.722. The summed E-state index contributed by atoms with van der Waals surface area (Å²) >= 11 is 7.87. The highest BCUT2D eigenvalue weighted by molar-refractivity contribution is 7.22. The number of benzene rings is 1. The highest BCUT2D eigenvalue weighted by atomic mass is 35.5. The SMILES string of the molecule is Cc1ncc(-c2cc3ccccc3s2)cc1Cl. The summed E-state index contributed by atoms with van der Waals surface area (Å²) in [5.74, 6) is 0. The summed E-state index contributed by atoms with van der Waals surface area (Å²) in [5.41, 5.74) is 1.96. The van der Waals surface area contributed by atoms with Gasteiger partial charge in [-0.2, -0.15) is 0 Å². The quantitative estimate of drug-likeness (QED) is 0.604.